The van der Waals surface area contributed by atoms with Gasteiger partial charge in [0.25, 0.3) is 0 Å². The molecule has 1 aromatic rings. The van der Waals surface area contributed by atoms with Gasteiger partial charge in [0.2, 0.25) is 5.88 Å². The normalized spacial score (nSPS) is 22.8. The average Bonchev–Trinajstić information content (AvgIpc) is 2.53. The Hall–Kier alpha value is -2.15. The molecule has 7 heteroatoms. The summed E-state index contributed by atoms with van der Waals surface area (Å²) in [5, 5.41) is 2.83. The van der Waals surface area contributed by atoms with Crippen molar-refractivity contribution in [3.63, 3.8) is 0 Å². The topological polar surface area (TPSA) is 69.7 Å². The lowest BCUT2D eigenvalue weighted by Crippen LogP contribution is -2.50. The van der Waals surface area contributed by atoms with E-state index < -0.39 is 17.5 Å². The first-order chi connectivity index (χ1) is 12.3. The summed E-state index contributed by atoms with van der Waals surface area (Å²) in [5.41, 5.74) is 1.14. The van der Waals surface area contributed by atoms with Gasteiger partial charge in [0.15, 0.2) is 0 Å². The molecule has 0 aromatic carbocycles. The number of halogens is 1. The van der Waals surface area contributed by atoms with E-state index in [1.54, 1.807) is 0 Å². The van der Waals surface area contributed by atoms with Gasteiger partial charge in [0.05, 0.1) is 19.4 Å². The zero-order chi connectivity index (χ0) is 18.7. The number of carbonyl (C=O) groups excluding carboxylic acids is 1. The first kappa shape index (κ1) is 18.6. The van der Waals surface area contributed by atoms with Crippen LogP contribution in [0.25, 0.3) is 5.57 Å². The van der Waals surface area contributed by atoms with Gasteiger partial charge in [-0.05, 0) is 38.8 Å². The molecule has 1 aromatic heterocycles. The predicted octanol–water partition coefficient (Wildman–Crippen LogP) is 3.46. The molecule has 0 saturated heterocycles. The number of amides is 1. The molecule has 142 valence electrons. The zero-order valence-corrected chi connectivity index (χ0v) is 15.4. The number of aromatic nitrogens is 1. The lowest BCUT2D eigenvalue weighted by atomic mass is 9.89. The molecule has 0 radical (unpaired) electrons. The standard InChI is InChI=1S/C19H25FN2O4/c1-19(2,3)26-18(23)22-14-9-15(10-14)25-17-16(8-13(20)11-21-17)12-4-6-24-7-5-12/h4,8,11,14-15H,5-7,9-10H2,1-3H3,(H,22,23). The minimum Gasteiger partial charge on any atom is -0.474 e. The largest absolute Gasteiger partial charge is 0.474 e. The molecule has 1 amide bonds. The molecule has 0 spiro atoms. The van der Waals surface area contributed by atoms with Gasteiger partial charge in [0, 0.05) is 24.4 Å². The maximum atomic E-state index is 13.6. The Morgan fingerprint density at radius 2 is 2.15 bits per heavy atom. The van der Waals surface area contributed by atoms with E-state index in [-0.39, 0.29) is 12.1 Å². The number of rotatable bonds is 4. The Balaban J connectivity index is 1.56. The van der Waals surface area contributed by atoms with Crippen LogP contribution < -0.4 is 10.1 Å². The molecule has 0 bridgehead atoms. The summed E-state index contributed by atoms with van der Waals surface area (Å²) in [4.78, 5) is 15.9. The van der Waals surface area contributed by atoms with Gasteiger partial charge < -0.3 is 19.5 Å². The van der Waals surface area contributed by atoms with Crippen molar-refractivity contribution in [3.8, 4) is 5.88 Å². The van der Waals surface area contributed by atoms with Crippen LogP contribution in [0.3, 0.4) is 0 Å². The fourth-order valence-electron chi connectivity index (χ4n) is 2.93. The summed E-state index contributed by atoms with van der Waals surface area (Å²) in [6.07, 6.45) is 4.64. The molecule has 1 fully saturated rings. The van der Waals surface area contributed by atoms with E-state index >= 15 is 0 Å². The van der Waals surface area contributed by atoms with E-state index in [2.05, 4.69) is 10.3 Å². The number of hydrogen-bond acceptors (Lipinski definition) is 5. The Labute approximate surface area is 152 Å². The van der Waals surface area contributed by atoms with Crippen molar-refractivity contribution >= 4 is 11.7 Å². The van der Waals surface area contributed by atoms with E-state index in [0.29, 0.717) is 43.9 Å². The number of pyridine rings is 1. The maximum absolute atomic E-state index is 13.6. The highest BCUT2D eigenvalue weighted by molar-refractivity contribution is 5.70. The lowest BCUT2D eigenvalue weighted by molar-refractivity contribution is 0.0353. The minimum absolute atomic E-state index is 0.0149. The van der Waals surface area contributed by atoms with Crippen molar-refractivity contribution in [1.29, 1.82) is 0 Å². The van der Waals surface area contributed by atoms with Crippen LogP contribution in [0.15, 0.2) is 18.3 Å². The predicted molar refractivity (Wildman–Crippen MR) is 94.4 cm³/mol. The molecular weight excluding hydrogens is 339 g/mol. The van der Waals surface area contributed by atoms with Crippen molar-refractivity contribution < 1.29 is 23.4 Å². The number of nitrogens with one attached hydrogen (secondary N) is 1. The summed E-state index contributed by atoms with van der Waals surface area (Å²) in [5.74, 6) is 0.0399. The second kappa shape index (κ2) is 7.61. The smallest absolute Gasteiger partial charge is 0.407 e. The van der Waals surface area contributed by atoms with Crippen molar-refractivity contribution in [2.75, 3.05) is 13.2 Å². The third-order valence-electron chi connectivity index (χ3n) is 4.22. The van der Waals surface area contributed by atoms with Gasteiger partial charge in [-0.25, -0.2) is 14.2 Å². The Morgan fingerprint density at radius 3 is 2.81 bits per heavy atom. The van der Waals surface area contributed by atoms with E-state index in [4.69, 9.17) is 14.2 Å². The highest BCUT2D eigenvalue weighted by Crippen LogP contribution is 2.32. The highest BCUT2D eigenvalue weighted by Gasteiger charge is 2.34. The monoisotopic (exact) mass is 364 g/mol. The molecule has 2 heterocycles. The van der Waals surface area contributed by atoms with Crippen molar-refractivity contribution in [3.05, 3.63) is 29.7 Å². The number of alkyl carbamates (subject to hydrolysis) is 1. The van der Waals surface area contributed by atoms with E-state index in [9.17, 15) is 9.18 Å². The molecule has 1 aliphatic heterocycles. The fourth-order valence-corrected chi connectivity index (χ4v) is 2.93. The third kappa shape index (κ3) is 4.94. The van der Waals surface area contributed by atoms with Crippen LogP contribution in [0.5, 0.6) is 5.88 Å². The summed E-state index contributed by atoms with van der Waals surface area (Å²) in [6.45, 7) is 6.59. The van der Waals surface area contributed by atoms with Crippen molar-refractivity contribution in [2.45, 2.75) is 57.8 Å². The van der Waals surface area contributed by atoms with Crippen LogP contribution in [0.1, 0.15) is 45.6 Å². The molecule has 1 saturated carbocycles. The average molecular weight is 364 g/mol. The molecule has 2 aliphatic rings. The molecule has 0 atom stereocenters. The zero-order valence-electron chi connectivity index (χ0n) is 15.4. The van der Waals surface area contributed by atoms with Gasteiger partial charge >= 0.3 is 6.09 Å². The summed E-state index contributed by atoms with van der Waals surface area (Å²) in [6, 6.07) is 1.47. The molecule has 1 N–H and O–H groups in total. The van der Waals surface area contributed by atoms with Gasteiger partial charge in [-0.2, -0.15) is 0 Å². The number of ether oxygens (including phenoxy) is 3. The Kier molecular flexibility index (Phi) is 5.46. The molecular formula is C19H25FN2O4. The van der Waals surface area contributed by atoms with Crippen molar-refractivity contribution in [2.24, 2.45) is 0 Å². The van der Waals surface area contributed by atoms with Crippen LogP contribution in [0.4, 0.5) is 9.18 Å². The van der Waals surface area contributed by atoms with Gasteiger partial charge in [-0.1, -0.05) is 6.08 Å². The van der Waals surface area contributed by atoms with Gasteiger partial charge in [0.1, 0.15) is 17.5 Å². The second-order valence-electron chi connectivity index (χ2n) is 7.61. The quantitative estimate of drug-likeness (QED) is 0.886. The SMILES string of the molecule is CC(C)(C)OC(=O)NC1CC(Oc2ncc(F)cc2C2=CCOCC2)C1. The van der Waals surface area contributed by atoms with Crippen LogP contribution >= 0.6 is 0 Å². The van der Waals surface area contributed by atoms with E-state index in [1.165, 1.54) is 6.07 Å². The molecule has 1 aliphatic carbocycles. The molecule has 0 unspecified atom stereocenters. The summed E-state index contributed by atoms with van der Waals surface area (Å²) in [7, 11) is 0. The van der Waals surface area contributed by atoms with Crippen LogP contribution in [0.2, 0.25) is 0 Å². The first-order valence-electron chi connectivity index (χ1n) is 8.89. The highest BCUT2D eigenvalue weighted by atomic mass is 19.1. The Bertz CT molecular complexity index is 693. The molecule has 3 rings (SSSR count). The van der Waals surface area contributed by atoms with E-state index in [0.717, 1.165) is 11.8 Å². The van der Waals surface area contributed by atoms with Gasteiger partial charge in [-0.15, -0.1) is 0 Å². The van der Waals surface area contributed by atoms with Crippen molar-refractivity contribution in [1.82, 2.24) is 10.3 Å². The van der Waals surface area contributed by atoms with E-state index in [1.807, 2.05) is 26.8 Å². The van der Waals surface area contributed by atoms with Crippen LogP contribution in [-0.4, -0.2) is 42.0 Å². The maximum Gasteiger partial charge on any atom is 0.407 e. The first-order valence-corrected chi connectivity index (χ1v) is 8.89. The second-order valence-corrected chi connectivity index (χ2v) is 7.61. The van der Waals surface area contributed by atoms with Crippen LogP contribution in [0, 0.1) is 5.82 Å². The van der Waals surface area contributed by atoms with Crippen LogP contribution in [-0.2, 0) is 9.47 Å². The fraction of sp³-hybridized carbons (Fsp3) is 0.579. The third-order valence-corrected chi connectivity index (χ3v) is 4.22. The number of hydrogen-bond donors (Lipinski definition) is 1. The lowest BCUT2D eigenvalue weighted by Gasteiger charge is -2.36. The summed E-state index contributed by atoms with van der Waals surface area (Å²) < 4.78 is 30.1. The molecule has 26 heavy (non-hydrogen) atoms. The Morgan fingerprint density at radius 1 is 1.38 bits per heavy atom. The van der Waals surface area contributed by atoms with Gasteiger partial charge in [-0.3, -0.25) is 0 Å². The summed E-state index contributed by atoms with van der Waals surface area (Å²) >= 11 is 0. The number of carbonyl (C=O) groups is 1. The molecule has 6 nitrogen and oxygen atoms in total. The number of nitrogens with zero attached hydrogens (tertiary/aromatic N) is 1. The minimum atomic E-state index is -0.520.